The average molecular weight is 392 g/mol. The molecule has 0 saturated carbocycles. The zero-order chi connectivity index (χ0) is 20.4. The number of benzene rings is 2. The van der Waals surface area contributed by atoms with Crippen LogP contribution in [0.15, 0.2) is 47.3 Å². The molecule has 0 aliphatic carbocycles. The van der Waals surface area contributed by atoms with Crippen molar-refractivity contribution in [3.63, 3.8) is 0 Å². The number of fused-ring (bicyclic) bond motifs is 3. The SMILES string of the molecule is CCOc1cc(C=O)ccc1OCc1nnc2n(CC)c(=O)c3ccccc3n12. The lowest BCUT2D eigenvalue weighted by atomic mass is 10.2. The van der Waals surface area contributed by atoms with Crippen LogP contribution in [0.25, 0.3) is 16.7 Å². The van der Waals surface area contributed by atoms with Crippen LogP contribution in [-0.2, 0) is 13.2 Å². The molecule has 2 aromatic heterocycles. The van der Waals surface area contributed by atoms with Gasteiger partial charge in [-0.05, 0) is 44.2 Å². The zero-order valence-electron chi connectivity index (χ0n) is 16.2. The number of aromatic nitrogens is 4. The van der Waals surface area contributed by atoms with Crippen LogP contribution in [0, 0.1) is 0 Å². The first-order chi connectivity index (χ1) is 14.2. The molecule has 0 amide bonds. The molecule has 4 rings (SSSR count). The van der Waals surface area contributed by atoms with Crippen molar-refractivity contribution in [1.82, 2.24) is 19.2 Å². The molecule has 0 N–H and O–H groups in total. The maximum atomic E-state index is 12.7. The van der Waals surface area contributed by atoms with Crippen molar-refractivity contribution in [2.45, 2.75) is 27.0 Å². The summed E-state index contributed by atoms with van der Waals surface area (Å²) in [5.74, 6) is 2.01. The highest BCUT2D eigenvalue weighted by Gasteiger charge is 2.16. The second kappa shape index (κ2) is 7.75. The molecule has 0 atom stereocenters. The third kappa shape index (κ3) is 3.22. The van der Waals surface area contributed by atoms with Gasteiger partial charge in [-0.15, -0.1) is 10.2 Å². The van der Waals surface area contributed by atoms with E-state index in [4.69, 9.17) is 9.47 Å². The van der Waals surface area contributed by atoms with Crippen LogP contribution >= 0.6 is 0 Å². The number of ether oxygens (including phenoxy) is 2. The minimum absolute atomic E-state index is 0.0986. The van der Waals surface area contributed by atoms with Crippen molar-refractivity contribution in [3.8, 4) is 11.5 Å². The van der Waals surface area contributed by atoms with Crippen LogP contribution in [0.2, 0.25) is 0 Å². The van der Waals surface area contributed by atoms with E-state index in [-0.39, 0.29) is 12.2 Å². The van der Waals surface area contributed by atoms with E-state index in [1.165, 1.54) is 0 Å². The molecule has 0 aliphatic rings. The number of nitrogens with zero attached hydrogens (tertiary/aromatic N) is 4. The van der Waals surface area contributed by atoms with Crippen molar-refractivity contribution in [2.75, 3.05) is 6.61 Å². The van der Waals surface area contributed by atoms with Gasteiger partial charge < -0.3 is 9.47 Å². The Morgan fingerprint density at radius 2 is 1.86 bits per heavy atom. The third-order valence-corrected chi connectivity index (χ3v) is 4.65. The molecule has 148 valence electrons. The van der Waals surface area contributed by atoms with Gasteiger partial charge in [0.2, 0.25) is 5.78 Å². The third-order valence-electron chi connectivity index (χ3n) is 4.65. The molecule has 2 heterocycles. The topological polar surface area (TPSA) is 87.7 Å². The summed E-state index contributed by atoms with van der Waals surface area (Å²) < 4.78 is 15.0. The first kappa shape index (κ1) is 18.7. The molecule has 0 unspecified atom stereocenters. The number of para-hydroxylation sites is 1. The molecule has 2 aromatic carbocycles. The first-order valence-corrected chi connectivity index (χ1v) is 9.38. The monoisotopic (exact) mass is 392 g/mol. The Balaban J connectivity index is 1.78. The van der Waals surface area contributed by atoms with Gasteiger partial charge in [-0.3, -0.25) is 18.6 Å². The number of aldehydes is 1. The summed E-state index contributed by atoms with van der Waals surface area (Å²) in [7, 11) is 0. The molecule has 0 spiro atoms. The maximum Gasteiger partial charge on any atom is 0.262 e. The smallest absolute Gasteiger partial charge is 0.262 e. The summed E-state index contributed by atoms with van der Waals surface area (Å²) in [4.78, 5) is 23.8. The highest BCUT2D eigenvalue weighted by Crippen LogP contribution is 2.29. The number of hydrogen-bond donors (Lipinski definition) is 0. The molecular formula is C21H20N4O4. The highest BCUT2D eigenvalue weighted by molar-refractivity contribution is 5.80. The second-order valence-electron chi connectivity index (χ2n) is 6.36. The minimum Gasteiger partial charge on any atom is -0.490 e. The van der Waals surface area contributed by atoms with E-state index < -0.39 is 0 Å². The molecule has 0 saturated heterocycles. The van der Waals surface area contributed by atoms with E-state index in [1.807, 2.05) is 36.4 Å². The van der Waals surface area contributed by atoms with Crippen LogP contribution in [-0.4, -0.2) is 32.1 Å². The Hall–Kier alpha value is -3.68. The molecule has 29 heavy (non-hydrogen) atoms. The van der Waals surface area contributed by atoms with E-state index in [0.29, 0.717) is 47.2 Å². The Kier molecular flexibility index (Phi) is 4.99. The van der Waals surface area contributed by atoms with E-state index >= 15 is 0 Å². The summed E-state index contributed by atoms with van der Waals surface area (Å²) in [5.41, 5.74) is 1.13. The van der Waals surface area contributed by atoms with Crippen molar-refractivity contribution in [3.05, 3.63) is 64.2 Å². The number of rotatable bonds is 7. The first-order valence-electron chi connectivity index (χ1n) is 9.38. The average Bonchev–Trinajstić information content (AvgIpc) is 3.17. The van der Waals surface area contributed by atoms with E-state index in [2.05, 4.69) is 10.2 Å². The van der Waals surface area contributed by atoms with Gasteiger partial charge in [-0.1, -0.05) is 12.1 Å². The fourth-order valence-electron chi connectivity index (χ4n) is 3.32. The predicted molar refractivity (Wildman–Crippen MR) is 108 cm³/mol. The van der Waals surface area contributed by atoms with Gasteiger partial charge >= 0.3 is 0 Å². The quantitative estimate of drug-likeness (QED) is 0.450. The number of carbonyl (C=O) groups is 1. The number of hydrogen-bond acceptors (Lipinski definition) is 6. The standard InChI is InChI=1S/C21H20N4O4/c1-3-24-20(27)15-7-5-6-8-16(15)25-19(22-23-21(24)25)13-29-17-10-9-14(12-26)11-18(17)28-4-2/h5-12H,3-4,13H2,1-2H3. The maximum absolute atomic E-state index is 12.7. The normalized spacial score (nSPS) is 11.1. The van der Waals surface area contributed by atoms with Gasteiger partial charge in [0.15, 0.2) is 17.3 Å². The molecule has 8 heteroatoms. The lowest BCUT2D eigenvalue weighted by molar-refractivity contribution is 0.112. The molecule has 4 aromatic rings. The lowest BCUT2D eigenvalue weighted by Crippen LogP contribution is -2.22. The molecular weight excluding hydrogens is 372 g/mol. The van der Waals surface area contributed by atoms with Crippen molar-refractivity contribution in [1.29, 1.82) is 0 Å². The molecule has 0 bridgehead atoms. The van der Waals surface area contributed by atoms with Crippen molar-refractivity contribution in [2.24, 2.45) is 0 Å². The van der Waals surface area contributed by atoms with Crippen molar-refractivity contribution >= 4 is 23.0 Å². The van der Waals surface area contributed by atoms with E-state index in [1.54, 1.807) is 28.8 Å². The summed E-state index contributed by atoms with van der Waals surface area (Å²) in [5, 5.41) is 9.06. The minimum atomic E-state index is -0.0986. The van der Waals surface area contributed by atoms with Gasteiger partial charge in [0.25, 0.3) is 5.56 Å². The van der Waals surface area contributed by atoms with Gasteiger partial charge in [-0.2, -0.15) is 0 Å². The van der Waals surface area contributed by atoms with Crippen molar-refractivity contribution < 1.29 is 14.3 Å². The summed E-state index contributed by atoms with van der Waals surface area (Å²) in [6.45, 7) is 4.80. The zero-order valence-corrected chi connectivity index (χ0v) is 16.2. The Labute approximate surface area is 166 Å². The Morgan fingerprint density at radius 3 is 2.62 bits per heavy atom. The van der Waals surface area contributed by atoms with Crippen LogP contribution in [0.5, 0.6) is 11.5 Å². The van der Waals surface area contributed by atoms with Gasteiger partial charge in [-0.25, -0.2) is 0 Å². The fraction of sp³-hybridized carbons (Fsp3) is 0.238. The molecule has 8 nitrogen and oxygen atoms in total. The van der Waals surface area contributed by atoms with Gasteiger partial charge in [0.1, 0.15) is 12.9 Å². The molecule has 0 fully saturated rings. The number of carbonyl (C=O) groups excluding carboxylic acids is 1. The van der Waals surface area contributed by atoms with E-state index in [0.717, 1.165) is 11.8 Å². The summed E-state index contributed by atoms with van der Waals surface area (Å²) in [6, 6.07) is 12.3. The Morgan fingerprint density at radius 1 is 1.03 bits per heavy atom. The predicted octanol–water partition coefficient (Wildman–Crippen LogP) is 2.85. The molecule has 0 aliphatic heterocycles. The number of aryl methyl sites for hydroxylation is 1. The van der Waals surface area contributed by atoms with Crippen LogP contribution in [0.3, 0.4) is 0 Å². The summed E-state index contributed by atoms with van der Waals surface area (Å²) in [6.07, 6.45) is 0.758. The summed E-state index contributed by atoms with van der Waals surface area (Å²) >= 11 is 0. The fourth-order valence-corrected chi connectivity index (χ4v) is 3.32. The van der Waals surface area contributed by atoms with Gasteiger partial charge in [0, 0.05) is 12.1 Å². The largest absolute Gasteiger partial charge is 0.490 e. The highest BCUT2D eigenvalue weighted by atomic mass is 16.5. The second-order valence-corrected chi connectivity index (χ2v) is 6.36. The van der Waals surface area contributed by atoms with Crippen LogP contribution in [0.4, 0.5) is 0 Å². The molecule has 0 radical (unpaired) electrons. The van der Waals surface area contributed by atoms with Crippen LogP contribution < -0.4 is 15.0 Å². The van der Waals surface area contributed by atoms with Gasteiger partial charge in [0.05, 0.1) is 17.5 Å². The van der Waals surface area contributed by atoms with E-state index in [9.17, 15) is 9.59 Å². The van der Waals surface area contributed by atoms with Crippen LogP contribution in [0.1, 0.15) is 30.0 Å². The lowest BCUT2D eigenvalue weighted by Gasteiger charge is -2.13. The Bertz CT molecular complexity index is 1260.